The van der Waals surface area contributed by atoms with Crippen molar-refractivity contribution in [3.05, 3.63) is 27.1 Å². The second-order valence-electron chi connectivity index (χ2n) is 4.51. The first-order chi connectivity index (χ1) is 9.99. The first-order valence-electron chi connectivity index (χ1n) is 6.28. The molecule has 0 aliphatic rings. The SMILES string of the molecule is COC(CNC(=O)c1sc2ncn(C)c(=O)c2c1C)OC. The number of aromatic nitrogens is 2. The number of carbonyl (C=O) groups is 1. The second-order valence-corrected chi connectivity index (χ2v) is 5.51. The van der Waals surface area contributed by atoms with Crippen LogP contribution in [-0.2, 0) is 16.5 Å². The number of thiophene rings is 1. The van der Waals surface area contributed by atoms with Crippen LogP contribution in [0.4, 0.5) is 0 Å². The maximum Gasteiger partial charge on any atom is 0.262 e. The predicted molar refractivity (Wildman–Crippen MR) is 79.7 cm³/mol. The van der Waals surface area contributed by atoms with Crippen molar-refractivity contribution in [2.45, 2.75) is 13.2 Å². The molecule has 0 saturated carbocycles. The first-order valence-corrected chi connectivity index (χ1v) is 7.09. The molecule has 1 N–H and O–H groups in total. The summed E-state index contributed by atoms with van der Waals surface area (Å²) in [7, 11) is 4.63. The van der Waals surface area contributed by atoms with Crippen molar-refractivity contribution >= 4 is 27.5 Å². The van der Waals surface area contributed by atoms with Crippen LogP contribution in [0.5, 0.6) is 0 Å². The van der Waals surface area contributed by atoms with Gasteiger partial charge in [-0.2, -0.15) is 0 Å². The summed E-state index contributed by atoms with van der Waals surface area (Å²) in [4.78, 5) is 29.6. The summed E-state index contributed by atoms with van der Waals surface area (Å²) in [6.45, 7) is 1.98. The minimum atomic E-state index is -0.505. The molecule has 0 unspecified atom stereocenters. The Morgan fingerprint density at radius 2 is 2.14 bits per heavy atom. The Morgan fingerprint density at radius 1 is 1.48 bits per heavy atom. The van der Waals surface area contributed by atoms with Crippen LogP contribution in [0.2, 0.25) is 0 Å². The molecule has 0 saturated heterocycles. The van der Waals surface area contributed by atoms with Crippen LogP contribution in [0.1, 0.15) is 15.2 Å². The highest BCUT2D eigenvalue weighted by molar-refractivity contribution is 7.20. The average molecular weight is 311 g/mol. The Hall–Kier alpha value is -1.77. The van der Waals surface area contributed by atoms with E-state index in [1.54, 1.807) is 14.0 Å². The van der Waals surface area contributed by atoms with Crippen LogP contribution in [0.15, 0.2) is 11.1 Å². The third-order valence-electron chi connectivity index (χ3n) is 3.17. The highest BCUT2D eigenvalue weighted by Gasteiger charge is 2.19. The minimum Gasteiger partial charge on any atom is -0.354 e. The highest BCUT2D eigenvalue weighted by Crippen LogP contribution is 2.26. The molecule has 2 aromatic rings. The van der Waals surface area contributed by atoms with E-state index in [-0.39, 0.29) is 18.0 Å². The Kier molecular flexibility index (Phi) is 4.71. The van der Waals surface area contributed by atoms with Gasteiger partial charge in [-0.05, 0) is 12.5 Å². The van der Waals surface area contributed by atoms with Gasteiger partial charge in [-0.1, -0.05) is 0 Å². The van der Waals surface area contributed by atoms with E-state index in [9.17, 15) is 9.59 Å². The van der Waals surface area contributed by atoms with Crippen molar-refractivity contribution in [1.82, 2.24) is 14.9 Å². The summed E-state index contributed by atoms with van der Waals surface area (Å²) in [6.07, 6.45) is 0.948. The number of hydrogen-bond donors (Lipinski definition) is 1. The van der Waals surface area contributed by atoms with E-state index in [1.807, 2.05) is 0 Å². The van der Waals surface area contributed by atoms with Crippen LogP contribution in [-0.4, -0.2) is 42.5 Å². The van der Waals surface area contributed by atoms with Crippen LogP contribution in [0.25, 0.3) is 10.2 Å². The Morgan fingerprint density at radius 3 is 2.76 bits per heavy atom. The fraction of sp³-hybridized carbons (Fsp3) is 0.462. The molecule has 2 heterocycles. The number of rotatable bonds is 5. The number of hydrogen-bond acceptors (Lipinski definition) is 6. The average Bonchev–Trinajstić information content (AvgIpc) is 2.81. The number of aryl methyl sites for hydroxylation is 2. The Labute approximate surface area is 125 Å². The van der Waals surface area contributed by atoms with E-state index in [0.717, 1.165) is 0 Å². The molecule has 0 spiro atoms. The molecule has 21 heavy (non-hydrogen) atoms. The number of nitrogens with one attached hydrogen (secondary N) is 1. The molecule has 0 fully saturated rings. The molecular weight excluding hydrogens is 294 g/mol. The normalized spacial score (nSPS) is 11.3. The van der Waals surface area contributed by atoms with Crippen molar-refractivity contribution in [1.29, 1.82) is 0 Å². The van der Waals surface area contributed by atoms with Gasteiger partial charge in [0.25, 0.3) is 11.5 Å². The van der Waals surface area contributed by atoms with Gasteiger partial charge in [0.1, 0.15) is 4.83 Å². The van der Waals surface area contributed by atoms with Gasteiger partial charge in [0.05, 0.1) is 23.1 Å². The molecule has 0 aromatic carbocycles. The minimum absolute atomic E-state index is 0.153. The van der Waals surface area contributed by atoms with Crippen LogP contribution in [0.3, 0.4) is 0 Å². The van der Waals surface area contributed by atoms with Crippen LogP contribution < -0.4 is 10.9 Å². The van der Waals surface area contributed by atoms with Gasteiger partial charge in [-0.15, -0.1) is 11.3 Å². The summed E-state index contributed by atoms with van der Waals surface area (Å²) in [6, 6.07) is 0. The largest absolute Gasteiger partial charge is 0.354 e. The Balaban J connectivity index is 2.30. The van der Waals surface area contributed by atoms with Gasteiger partial charge in [-0.3, -0.25) is 9.59 Å². The van der Waals surface area contributed by atoms with Crippen molar-refractivity contribution in [2.75, 3.05) is 20.8 Å². The fourth-order valence-corrected chi connectivity index (χ4v) is 3.00. The van der Waals surface area contributed by atoms with E-state index in [1.165, 1.54) is 36.5 Å². The number of methoxy groups -OCH3 is 2. The summed E-state index contributed by atoms with van der Waals surface area (Å²) >= 11 is 1.20. The lowest BCUT2D eigenvalue weighted by molar-refractivity contribution is -0.0974. The summed E-state index contributed by atoms with van der Waals surface area (Å²) in [5.41, 5.74) is 0.493. The molecule has 0 aliphatic carbocycles. The van der Waals surface area contributed by atoms with E-state index in [2.05, 4.69) is 10.3 Å². The monoisotopic (exact) mass is 311 g/mol. The molecular formula is C13H17N3O4S. The first kappa shape index (κ1) is 15.6. The van der Waals surface area contributed by atoms with Gasteiger partial charge in [0.2, 0.25) is 0 Å². The number of ether oxygens (including phenoxy) is 2. The van der Waals surface area contributed by atoms with E-state index in [0.29, 0.717) is 20.7 Å². The molecule has 2 aromatic heterocycles. The van der Waals surface area contributed by atoms with Gasteiger partial charge >= 0.3 is 0 Å². The third-order valence-corrected chi connectivity index (χ3v) is 4.37. The molecule has 1 amide bonds. The smallest absolute Gasteiger partial charge is 0.262 e. The van der Waals surface area contributed by atoms with E-state index >= 15 is 0 Å². The van der Waals surface area contributed by atoms with Crippen molar-refractivity contribution in [2.24, 2.45) is 7.05 Å². The summed E-state index contributed by atoms with van der Waals surface area (Å²) < 4.78 is 11.4. The van der Waals surface area contributed by atoms with Gasteiger partial charge in [-0.25, -0.2) is 4.98 Å². The zero-order chi connectivity index (χ0) is 15.6. The van der Waals surface area contributed by atoms with Crippen LogP contribution >= 0.6 is 11.3 Å². The molecule has 8 heteroatoms. The molecule has 0 bridgehead atoms. The second kappa shape index (κ2) is 6.33. The third kappa shape index (κ3) is 2.97. The fourth-order valence-electron chi connectivity index (χ4n) is 1.94. The summed E-state index contributed by atoms with van der Waals surface area (Å²) in [5, 5.41) is 3.21. The molecule has 7 nitrogen and oxygen atoms in total. The highest BCUT2D eigenvalue weighted by atomic mass is 32.1. The van der Waals surface area contributed by atoms with Gasteiger partial charge in [0.15, 0.2) is 6.29 Å². The lowest BCUT2D eigenvalue weighted by Gasteiger charge is -2.13. The zero-order valence-electron chi connectivity index (χ0n) is 12.3. The molecule has 0 aliphatic heterocycles. The summed E-state index contributed by atoms with van der Waals surface area (Å²) in [5.74, 6) is -0.267. The molecule has 0 atom stereocenters. The standard InChI is InChI=1S/C13H17N3O4S/c1-7-9-12(15-6-16(2)13(9)18)21-10(7)11(17)14-5-8(19-3)20-4/h6,8H,5H2,1-4H3,(H,14,17). The molecule has 114 valence electrons. The maximum atomic E-state index is 12.2. The van der Waals surface area contributed by atoms with Gasteiger partial charge in [0, 0.05) is 21.3 Å². The lowest BCUT2D eigenvalue weighted by Crippen LogP contribution is -2.34. The quantitative estimate of drug-likeness (QED) is 0.820. The predicted octanol–water partition coefficient (Wildman–Crippen LogP) is 0.652. The van der Waals surface area contributed by atoms with Crippen LogP contribution in [0, 0.1) is 6.92 Å². The van der Waals surface area contributed by atoms with Gasteiger partial charge < -0.3 is 19.4 Å². The zero-order valence-corrected chi connectivity index (χ0v) is 13.1. The van der Waals surface area contributed by atoms with E-state index in [4.69, 9.17) is 9.47 Å². The van der Waals surface area contributed by atoms with Crippen molar-refractivity contribution < 1.29 is 14.3 Å². The topological polar surface area (TPSA) is 82.5 Å². The molecule has 2 rings (SSSR count). The molecule has 0 radical (unpaired) electrons. The lowest BCUT2D eigenvalue weighted by atomic mass is 10.2. The van der Waals surface area contributed by atoms with Crippen molar-refractivity contribution in [3.8, 4) is 0 Å². The van der Waals surface area contributed by atoms with Crippen molar-refractivity contribution in [3.63, 3.8) is 0 Å². The maximum absolute atomic E-state index is 12.2. The Bertz CT molecular complexity index is 718. The number of fused-ring (bicyclic) bond motifs is 1. The number of carbonyl (C=O) groups excluding carboxylic acids is 1. The number of amides is 1. The van der Waals surface area contributed by atoms with E-state index < -0.39 is 6.29 Å². The number of nitrogens with zero attached hydrogens (tertiary/aromatic N) is 2.